The standard InChI is InChI=1S/C12H9O2/c1-9-6-11(14-8-13)7-10-4-2-3-5-12(9)10/h2-7H,1H3. The van der Waals surface area contributed by atoms with Gasteiger partial charge < -0.3 is 4.74 Å². The first-order valence-corrected chi connectivity index (χ1v) is 4.34. The number of carbonyl (C=O) groups excluding carboxylic acids is 1. The van der Waals surface area contributed by atoms with Gasteiger partial charge in [0, 0.05) is 0 Å². The molecule has 0 saturated carbocycles. The molecule has 0 bridgehead atoms. The first kappa shape index (κ1) is 8.75. The third-order valence-electron chi connectivity index (χ3n) is 2.20. The van der Waals surface area contributed by atoms with E-state index in [0.717, 1.165) is 10.9 Å². The van der Waals surface area contributed by atoms with Crippen LogP contribution in [0.5, 0.6) is 5.75 Å². The highest BCUT2D eigenvalue weighted by Gasteiger charge is 2.00. The Labute approximate surface area is 82.1 Å². The molecule has 0 amide bonds. The van der Waals surface area contributed by atoms with E-state index >= 15 is 0 Å². The quantitative estimate of drug-likeness (QED) is 0.718. The summed E-state index contributed by atoms with van der Waals surface area (Å²) in [6, 6.07) is 11.6. The molecule has 0 fully saturated rings. The maximum Gasteiger partial charge on any atom is 0.423 e. The van der Waals surface area contributed by atoms with Gasteiger partial charge in [-0.25, -0.2) is 4.79 Å². The van der Waals surface area contributed by atoms with Crippen LogP contribution in [0.2, 0.25) is 0 Å². The van der Waals surface area contributed by atoms with Crippen LogP contribution in [0.15, 0.2) is 36.4 Å². The number of hydrogen-bond acceptors (Lipinski definition) is 2. The van der Waals surface area contributed by atoms with Crippen molar-refractivity contribution in [3.63, 3.8) is 0 Å². The van der Waals surface area contributed by atoms with Crippen LogP contribution < -0.4 is 4.74 Å². The lowest BCUT2D eigenvalue weighted by Gasteiger charge is -2.04. The van der Waals surface area contributed by atoms with Crippen molar-refractivity contribution in [1.29, 1.82) is 0 Å². The molecule has 0 atom stereocenters. The Bertz CT molecular complexity index is 475. The molecule has 0 heterocycles. The van der Waals surface area contributed by atoms with Crippen LogP contribution in [0, 0.1) is 6.92 Å². The molecule has 2 aromatic rings. The minimum absolute atomic E-state index is 0.538. The van der Waals surface area contributed by atoms with Crippen LogP contribution in [0.25, 0.3) is 10.8 Å². The Balaban J connectivity index is 2.65. The summed E-state index contributed by atoms with van der Waals surface area (Å²) >= 11 is 0. The van der Waals surface area contributed by atoms with E-state index in [2.05, 4.69) is 4.74 Å². The molecule has 0 N–H and O–H groups in total. The number of rotatable bonds is 2. The van der Waals surface area contributed by atoms with Gasteiger partial charge in [-0.1, -0.05) is 24.3 Å². The van der Waals surface area contributed by atoms with E-state index in [1.807, 2.05) is 43.3 Å². The van der Waals surface area contributed by atoms with Crippen molar-refractivity contribution < 1.29 is 9.53 Å². The second kappa shape index (κ2) is 3.50. The molecule has 0 aromatic heterocycles. The molecule has 0 aliphatic carbocycles. The lowest BCUT2D eigenvalue weighted by atomic mass is 10.1. The second-order valence-electron chi connectivity index (χ2n) is 3.15. The predicted molar refractivity (Wildman–Crippen MR) is 55.0 cm³/mol. The van der Waals surface area contributed by atoms with Crippen LogP contribution in [0.3, 0.4) is 0 Å². The summed E-state index contributed by atoms with van der Waals surface area (Å²) in [6.07, 6.45) is 0. The van der Waals surface area contributed by atoms with Crippen LogP contribution in [0.1, 0.15) is 5.56 Å². The molecular weight excluding hydrogens is 176 g/mol. The van der Waals surface area contributed by atoms with Crippen molar-refractivity contribution in [3.05, 3.63) is 42.0 Å². The molecule has 2 rings (SSSR count). The Morgan fingerprint density at radius 2 is 2.00 bits per heavy atom. The minimum Gasteiger partial charge on any atom is -0.418 e. The van der Waals surface area contributed by atoms with Gasteiger partial charge in [-0.2, -0.15) is 0 Å². The summed E-state index contributed by atoms with van der Waals surface area (Å²) < 4.78 is 4.69. The second-order valence-corrected chi connectivity index (χ2v) is 3.15. The highest BCUT2D eigenvalue weighted by Crippen LogP contribution is 2.24. The molecule has 2 heteroatoms. The van der Waals surface area contributed by atoms with Gasteiger partial charge in [-0.05, 0) is 35.4 Å². The van der Waals surface area contributed by atoms with Crippen LogP contribution in [-0.4, -0.2) is 6.47 Å². The molecular formula is C12H9O2. The number of aryl methyl sites for hydroxylation is 1. The van der Waals surface area contributed by atoms with Crippen molar-refractivity contribution in [3.8, 4) is 5.75 Å². The highest BCUT2D eigenvalue weighted by molar-refractivity contribution is 5.87. The maximum absolute atomic E-state index is 10.1. The molecule has 2 nitrogen and oxygen atoms in total. The van der Waals surface area contributed by atoms with Gasteiger partial charge in [-0.15, -0.1) is 0 Å². The number of fused-ring (bicyclic) bond motifs is 1. The first-order valence-electron chi connectivity index (χ1n) is 4.34. The normalized spacial score (nSPS) is 10.1. The summed E-state index contributed by atoms with van der Waals surface area (Å²) in [5.41, 5.74) is 1.09. The van der Waals surface area contributed by atoms with Crippen molar-refractivity contribution >= 4 is 17.2 Å². The molecule has 0 aliphatic heterocycles. The molecule has 1 radical (unpaired) electrons. The third kappa shape index (κ3) is 1.46. The molecule has 14 heavy (non-hydrogen) atoms. The highest BCUT2D eigenvalue weighted by atomic mass is 16.5. The van der Waals surface area contributed by atoms with Gasteiger partial charge in [0.1, 0.15) is 5.75 Å². The van der Waals surface area contributed by atoms with E-state index in [1.165, 1.54) is 11.9 Å². The van der Waals surface area contributed by atoms with Gasteiger partial charge >= 0.3 is 6.47 Å². The molecule has 69 valence electrons. The zero-order valence-electron chi connectivity index (χ0n) is 7.78. The fraction of sp³-hybridized carbons (Fsp3) is 0.0833. The van der Waals surface area contributed by atoms with Crippen LogP contribution in [-0.2, 0) is 4.79 Å². The number of benzene rings is 2. The topological polar surface area (TPSA) is 26.3 Å². The van der Waals surface area contributed by atoms with Gasteiger partial charge in [0.2, 0.25) is 0 Å². The summed E-state index contributed by atoms with van der Waals surface area (Å²) in [6.45, 7) is 3.41. The summed E-state index contributed by atoms with van der Waals surface area (Å²) in [5.74, 6) is 0.538. The Kier molecular flexibility index (Phi) is 2.19. The van der Waals surface area contributed by atoms with Crippen LogP contribution >= 0.6 is 0 Å². The molecule has 0 spiro atoms. The SMILES string of the molecule is Cc1cc(O[C]=O)cc2ccccc12. The molecule has 2 aromatic carbocycles. The Hall–Kier alpha value is -1.83. The van der Waals surface area contributed by atoms with E-state index in [9.17, 15) is 4.79 Å². The van der Waals surface area contributed by atoms with Crippen molar-refractivity contribution in [1.82, 2.24) is 0 Å². The van der Waals surface area contributed by atoms with E-state index in [-0.39, 0.29) is 0 Å². The zero-order valence-corrected chi connectivity index (χ0v) is 7.78. The van der Waals surface area contributed by atoms with E-state index in [4.69, 9.17) is 0 Å². The average molecular weight is 185 g/mol. The van der Waals surface area contributed by atoms with Crippen molar-refractivity contribution in [2.45, 2.75) is 6.92 Å². The Morgan fingerprint density at radius 3 is 2.79 bits per heavy atom. The number of ether oxygens (including phenoxy) is 1. The van der Waals surface area contributed by atoms with Gasteiger partial charge in [0.25, 0.3) is 0 Å². The molecule has 0 unspecified atom stereocenters. The van der Waals surface area contributed by atoms with E-state index in [0.29, 0.717) is 5.75 Å². The largest absolute Gasteiger partial charge is 0.423 e. The van der Waals surface area contributed by atoms with Gasteiger partial charge in [0.05, 0.1) is 0 Å². The third-order valence-corrected chi connectivity index (χ3v) is 2.20. The summed E-state index contributed by atoms with van der Waals surface area (Å²) in [7, 11) is 0. The fourth-order valence-electron chi connectivity index (χ4n) is 1.58. The monoisotopic (exact) mass is 185 g/mol. The zero-order chi connectivity index (χ0) is 9.97. The summed E-state index contributed by atoms with van der Waals surface area (Å²) in [4.78, 5) is 10.1. The maximum atomic E-state index is 10.1. The number of hydrogen-bond donors (Lipinski definition) is 0. The lowest BCUT2D eigenvalue weighted by Crippen LogP contribution is -1.89. The lowest BCUT2D eigenvalue weighted by molar-refractivity contribution is 0.443. The van der Waals surface area contributed by atoms with E-state index in [1.54, 1.807) is 0 Å². The van der Waals surface area contributed by atoms with Crippen LogP contribution in [0.4, 0.5) is 0 Å². The minimum atomic E-state index is 0.538. The molecule has 0 aliphatic rings. The van der Waals surface area contributed by atoms with Gasteiger partial charge in [0.15, 0.2) is 0 Å². The fourth-order valence-corrected chi connectivity index (χ4v) is 1.58. The Morgan fingerprint density at radius 1 is 1.21 bits per heavy atom. The van der Waals surface area contributed by atoms with E-state index < -0.39 is 0 Å². The summed E-state index contributed by atoms with van der Waals surface area (Å²) in [5, 5.41) is 2.24. The van der Waals surface area contributed by atoms with Crippen molar-refractivity contribution in [2.24, 2.45) is 0 Å². The predicted octanol–water partition coefficient (Wildman–Crippen LogP) is 2.59. The average Bonchev–Trinajstić information content (AvgIpc) is 2.18. The first-order chi connectivity index (χ1) is 6.81. The smallest absolute Gasteiger partial charge is 0.418 e. The van der Waals surface area contributed by atoms with Gasteiger partial charge in [-0.3, -0.25) is 0 Å². The van der Waals surface area contributed by atoms with Crippen molar-refractivity contribution in [2.75, 3.05) is 0 Å². The molecule has 0 saturated heterocycles.